The van der Waals surface area contributed by atoms with Gasteiger partial charge in [0.2, 0.25) is 5.91 Å². The minimum Gasteiger partial charge on any atom is -0.369 e. The number of hydrogen-bond donors (Lipinski definition) is 0. The molecule has 0 radical (unpaired) electrons. The highest BCUT2D eigenvalue weighted by Crippen LogP contribution is 2.33. The lowest BCUT2D eigenvalue weighted by atomic mass is 9.95. The maximum absolute atomic E-state index is 12.6. The molecule has 1 aliphatic heterocycles. The Labute approximate surface area is 170 Å². The summed E-state index contributed by atoms with van der Waals surface area (Å²) in [6, 6.07) is 12.0. The summed E-state index contributed by atoms with van der Waals surface area (Å²) in [7, 11) is 0. The van der Waals surface area contributed by atoms with Crippen LogP contribution < -0.4 is 0 Å². The van der Waals surface area contributed by atoms with E-state index >= 15 is 0 Å². The van der Waals surface area contributed by atoms with E-state index < -0.39 is 0 Å². The average Bonchev–Trinajstić information content (AvgIpc) is 3.16. The SMILES string of the molecule is CC.Cc1nc(CN2C(=O)COCC2c2cnccc2-c2ccccc2)cs1. The number of thiazole rings is 1. The van der Waals surface area contributed by atoms with Crippen molar-refractivity contribution in [2.45, 2.75) is 33.4 Å². The molecule has 1 amide bonds. The lowest BCUT2D eigenvalue weighted by Gasteiger charge is -2.36. The summed E-state index contributed by atoms with van der Waals surface area (Å²) in [5, 5.41) is 3.01. The van der Waals surface area contributed by atoms with Crippen LogP contribution in [0.15, 0.2) is 54.2 Å². The van der Waals surface area contributed by atoms with Crippen LogP contribution in [0.25, 0.3) is 11.1 Å². The number of carbonyl (C=O) groups excluding carboxylic acids is 1. The Kier molecular flexibility index (Phi) is 6.90. The van der Waals surface area contributed by atoms with Gasteiger partial charge in [0.1, 0.15) is 6.61 Å². The minimum atomic E-state index is -0.179. The van der Waals surface area contributed by atoms with E-state index in [-0.39, 0.29) is 18.6 Å². The van der Waals surface area contributed by atoms with E-state index in [1.165, 1.54) is 0 Å². The lowest BCUT2D eigenvalue weighted by Crippen LogP contribution is -2.43. The summed E-state index contributed by atoms with van der Waals surface area (Å²) in [6.07, 6.45) is 3.62. The first kappa shape index (κ1) is 20.2. The Bertz CT molecular complexity index is 911. The van der Waals surface area contributed by atoms with Gasteiger partial charge in [0.15, 0.2) is 0 Å². The molecule has 1 fully saturated rings. The Morgan fingerprint density at radius 1 is 1.21 bits per heavy atom. The maximum Gasteiger partial charge on any atom is 0.249 e. The van der Waals surface area contributed by atoms with E-state index in [1.54, 1.807) is 17.5 Å². The molecule has 2 aromatic heterocycles. The molecule has 1 aliphatic rings. The molecule has 146 valence electrons. The number of pyridine rings is 1. The standard InChI is InChI=1S/C20H19N3O2S.C2H6/c1-14-22-16(13-26-14)10-23-19(11-25-12-20(23)24)18-9-21-8-7-17(18)15-5-3-2-4-6-15;1-2/h2-9,13,19H,10-12H2,1H3;1-2H3. The lowest BCUT2D eigenvalue weighted by molar-refractivity contribution is -0.149. The largest absolute Gasteiger partial charge is 0.369 e. The summed E-state index contributed by atoms with van der Waals surface area (Å²) in [4.78, 5) is 23.3. The monoisotopic (exact) mass is 395 g/mol. The van der Waals surface area contributed by atoms with Crippen LogP contribution in [0.3, 0.4) is 0 Å². The number of aryl methyl sites for hydroxylation is 1. The quantitative estimate of drug-likeness (QED) is 0.646. The molecule has 6 heteroatoms. The number of benzene rings is 1. The third-order valence-electron chi connectivity index (χ3n) is 4.49. The second-order valence-corrected chi connectivity index (χ2v) is 7.30. The van der Waals surface area contributed by atoms with Gasteiger partial charge in [-0.3, -0.25) is 9.78 Å². The van der Waals surface area contributed by atoms with Crippen LogP contribution in [0.2, 0.25) is 0 Å². The second-order valence-electron chi connectivity index (χ2n) is 6.24. The van der Waals surface area contributed by atoms with Gasteiger partial charge in [-0.1, -0.05) is 44.2 Å². The fourth-order valence-electron chi connectivity index (χ4n) is 3.27. The van der Waals surface area contributed by atoms with Gasteiger partial charge in [-0.2, -0.15) is 0 Å². The first-order chi connectivity index (χ1) is 13.7. The molecule has 3 heterocycles. The number of nitrogens with zero attached hydrogens (tertiary/aromatic N) is 3. The highest BCUT2D eigenvalue weighted by molar-refractivity contribution is 7.09. The van der Waals surface area contributed by atoms with Crippen LogP contribution in [0.4, 0.5) is 0 Å². The van der Waals surface area contributed by atoms with E-state index in [2.05, 4.69) is 22.1 Å². The molecule has 5 nitrogen and oxygen atoms in total. The van der Waals surface area contributed by atoms with Crippen molar-refractivity contribution in [3.05, 3.63) is 70.4 Å². The zero-order valence-electron chi connectivity index (χ0n) is 16.5. The number of ether oxygens (including phenoxy) is 1. The fourth-order valence-corrected chi connectivity index (χ4v) is 3.87. The molecule has 4 rings (SSSR count). The molecule has 1 unspecified atom stereocenters. The van der Waals surface area contributed by atoms with Gasteiger partial charge in [-0.05, 0) is 24.1 Å². The molecule has 0 saturated carbocycles. The van der Waals surface area contributed by atoms with Crippen LogP contribution in [-0.2, 0) is 16.1 Å². The number of aromatic nitrogens is 2. The zero-order valence-corrected chi connectivity index (χ0v) is 17.3. The number of carbonyl (C=O) groups is 1. The highest BCUT2D eigenvalue weighted by atomic mass is 32.1. The topological polar surface area (TPSA) is 55.3 Å². The summed E-state index contributed by atoms with van der Waals surface area (Å²) >= 11 is 1.60. The molecule has 0 spiro atoms. The summed E-state index contributed by atoms with van der Waals surface area (Å²) in [5.41, 5.74) is 4.09. The zero-order chi connectivity index (χ0) is 19.9. The molecule has 1 atom stereocenters. The Balaban J connectivity index is 0.00000109. The van der Waals surface area contributed by atoms with Gasteiger partial charge >= 0.3 is 0 Å². The van der Waals surface area contributed by atoms with E-state index in [4.69, 9.17) is 4.74 Å². The fraction of sp³-hybridized carbons (Fsp3) is 0.318. The summed E-state index contributed by atoms with van der Waals surface area (Å²) < 4.78 is 5.58. The summed E-state index contributed by atoms with van der Waals surface area (Å²) in [6.45, 7) is 7.03. The van der Waals surface area contributed by atoms with Crippen molar-refractivity contribution in [3.8, 4) is 11.1 Å². The number of rotatable bonds is 4. The van der Waals surface area contributed by atoms with Crippen molar-refractivity contribution >= 4 is 17.2 Å². The second kappa shape index (κ2) is 9.57. The average molecular weight is 396 g/mol. The number of amides is 1. The Hall–Kier alpha value is -2.57. The predicted molar refractivity (Wildman–Crippen MR) is 112 cm³/mol. The Morgan fingerprint density at radius 2 is 2.00 bits per heavy atom. The van der Waals surface area contributed by atoms with Gasteiger partial charge in [0.05, 0.1) is 29.9 Å². The normalized spacial score (nSPS) is 16.5. The van der Waals surface area contributed by atoms with Crippen molar-refractivity contribution in [3.63, 3.8) is 0 Å². The first-order valence-corrected chi connectivity index (χ1v) is 10.4. The minimum absolute atomic E-state index is 0.0187. The molecule has 28 heavy (non-hydrogen) atoms. The van der Waals surface area contributed by atoms with Crippen molar-refractivity contribution in [1.82, 2.24) is 14.9 Å². The Morgan fingerprint density at radius 3 is 2.71 bits per heavy atom. The van der Waals surface area contributed by atoms with Crippen LogP contribution in [0, 0.1) is 6.92 Å². The number of morpholine rings is 1. The molecule has 1 aromatic carbocycles. The van der Waals surface area contributed by atoms with Crippen LogP contribution in [-0.4, -0.2) is 34.0 Å². The molecular weight excluding hydrogens is 370 g/mol. The van der Waals surface area contributed by atoms with Crippen LogP contribution >= 0.6 is 11.3 Å². The van der Waals surface area contributed by atoms with E-state index in [0.717, 1.165) is 27.4 Å². The summed E-state index contributed by atoms with van der Waals surface area (Å²) in [5.74, 6) is -0.0187. The van der Waals surface area contributed by atoms with E-state index in [0.29, 0.717) is 13.2 Å². The molecule has 0 bridgehead atoms. The van der Waals surface area contributed by atoms with Gasteiger partial charge in [0, 0.05) is 23.3 Å². The van der Waals surface area contributed by atoms with Gasteiger partial charge in [-0.25, -0.2) is 4.98 Å². The van der Waals surface area contributed by atoms with Crippen molar-refractivity contribution in [1.29, 1.82) is 0 Å². The van der Waals surface area contributed by atoms with Crippen molar-refractivity contribution in [2.24, 2.45) is 0 Å². The molecular formula is C22H25N3O2S. The third-order valence-corrected chi connectivity index (χ3v) is 5.31. The molecule has 3 aromatic rings. The third kappa shape index (κ3) is 4.46. The predicted octanol–water partition coefficient (Wildman–Crippen LogP) is 4.64. The van der Waals surface area contributed by atoms with E-state index in [9.17, 15) is 4.79 Å². The first-order valence-electron chi connectivity index (χ1n) is 9.50. The number of hydrogen-bond acceptors (Lipinski definition) is 5. The van der Waals surface area contributed by atoms with Crippen LogP contribution in [0.1, 0.15) is 36.2 Å². The highest BCUT2D eigenvalue weighted by Gasteiger charge is 2.32. The molecule has 0 N–H and O–H groups in total. The van der Waals surface area contributed by atoms with Gasteiger partial charge in [0.25, 0.3) is 0 Å². The van der Waals surface area contributed by atoms with Gasteiger partial charge in [-0.15, -0.1) is 11.3 Å². The molecule has 0 aliphatic carbocycles. The smallest absolute Gasteiger partial charge is 0.249 e. The van der Waals surface area contributed by atoms with E-state index in [1.807, 2.05) is 61.5 Å². The van der Waals surface area contributed by atoms with Crippen molar-refractivity contribution in [2.75, 3.05) is 13.2 Å². The molecule has 1 saturated heterocycles. The maximum atomic E-state index is 12.6. The van der Waals surface area contributed by atoms with Crippen LogP contribution in [0.5, 0.6) is 0 Å². The van der Waals surface area contributed by atoms with Gasteiger partial charge < -0.3 is 9.64 Å². The van der Waals surface area contributed by atoms with Crippen molar-refractivity contribution < 1.29 is 9.53 Å².